The number of nitriles is 1. The summed E-state index contributed by atoms with van der Waals surface area (Å²) in [5.74, 6) is -0.153. The maximum atomic E-state index is 11.9. The van der Waals surface area contributed by atoms with Crippen LogP contribution in [0.15, 0.2) is 36.9 Å². The summed E-state index contributed by atoms with van der Waals surface area (Å²) in [6, 6.07) is 8.91. The average Bonchev–Trinajstić information content (AvgIpc) is 2.46. The van der Waals surface area contributed by atoms with Crippen molar-refractivity contribution in [1.29, 1.82) is 5.26 Å². The molecular weight excluding hydrogens is 254 g/mol. The lowest BCUT2D eigenvalue weighted by Crippen LogP contribution is -2.30. The van der Waals surface area contributed by atoms with Crippen LogP contribution in [0, 0.1) is 11.3 Å². The largest absolute Gasteiger partial charge is 0.395 e. The van der Waals surface area contributed by atoms with Crippen LogP contribution in [-0.4, -0.2) is 42.2 Å². The van der Waals surface area contributed by atoms with Crippen LogP contribution in [0.4, 0.5) is 5.69 Å². The molecule has 0 aliphatic carbocycles. The number of nitrogens with one attached hydrogen (secondary N) is 1. The fourth-order valence-corrected chi connectivity index (χ4v) is 1.78. The van der Waals surface area contributed by atoms with E-state index in [9.17, 15) is 4.79 Å². The van der Waals surface area contributed by atoms with Crippen molar-refractivity contribution >= 4 is 11.6 Å². The quantitative estimate of drug-likeness (QED) is 0.701. The number of rotatable bonds is 8. The second-order valence-corrected chi connectivity index (χ2v) is 4.27. The van der Waals surface area contributed by atoms with Gasteiger partial charge in [0, 0.05) is 26.1 Å². The second kappa shape index (κ2) is 8.86. The van der Waals surface area contributed by atoms with Gasteiger partial charge in [-0.2, -0.15) is 5.26 Å². The lowest BCUT2D eigenvalue weighted by atomic mass is 10.2. The third-order valence-corrected chi connectivity index (χ3v) is 2.78. The van der Waals surface area contributed by atoms with Gasteiger partial charge in [0.05, 0.1) is 17.9 Å². The third kappa shape index (κ3) is 5.22. The number of para-hydroxylation sites is 1. The van der Waals surface area contributed by atoms with Crippen LogP contribution in [-0.2, 0) is 4.79 Å². The zero-order valence-electron chi connectivity index (χ0n) is 11.4. The molecule has 5 nitrogen and oxygen atoms in total. The van der Waals surface area contributed by atoms with Crippen molar-refractivity contribution in [2.24, 2.45) is 0 Å². The van der Waals surface area contributed by atoms with Crippen LogP contribution in [0.5, 0.6) is 0 Å². The van der Waals surface area contributed by atoms with Gasteiger partial charge < -0.3 is 10.4 Å². The van der Waals surface area contributed by atoms with Crippen LogP contribution in [0.2, 0.25) is 0 Å². The molecule has 106 valence electrons. The molecule has 0 aliphatic rings. The minimum Gasteiger partial charge on any atom is -0.395 e. The minimum atomic E-state index is -0.153. The SMILES string of the molecule is C=CCN(CCO)CCC(=O)Nc1ccccc1C#N. The Morgan fingerprint density at radius 3 is 2.85 bits per heavy atom. The van der Waals surface area contributed by atoms with E-state index in [2.05, 4.69) is 11.9 Å². The smallest absolute Gasteiger partial charge is 0.225 e. The summed E-state index contributed by atoms with van der Waals surface area (Å²) in [6.07, 6.45) is 2.03. The van der Waals surface area contributed by atoms with E-state index in [-0.39, 0.29) is 12.5 Å². The Morgan fingerprint density at radius 1 is 1.45 bits per heavy atom. The number of amides is 1. The van der Waals surface area contributed by atoms with Crippen LogP contribution in [0.3, 0.4) is 0 Å². The number of hydrogen-bond acceptors (Lipinski definition) is 4. The molecular formula is C15H19N3O2. The average molecular weight is 273 g/mol. The zero-order chi connectivity index (χ0) is 14.8. The first-order valence-electron chi connectivity index (χ1n) is 6.44. The molecule has 0 bridgehead atoms. The molecule has 0 saturated heterocycles. The summed E-state index contributed by atoms with van der Waals surface area (Å²) in [6.45, 7) is 5.36. The van der Waals surface area contributed by atoms with Crippen molar-refractivity contribution in [3.63, 3.8) is 0 Å². The Balaban J connectivity index is 2.51. The molecule has 1 amide bonds. The number of aliphatic hydroxyl groups excluding tert-OH is 1. The van der Waals surface area contributed by atoms with Crippen molar-refractivity contribution < 1.29 is 9.90 Å². The number of hydrogen-bond donors (Lipinski definition) is 2. The lowest BCUT2D eigenvalue weighted by molar-refractivity contribution is -0.116. The highest BCUT2D eigenvalue weighted by Gasteiger charge is 2.09. The highest BCUT2D eigenvalue weighted by atomic mass is 16.3. The summed E-state index contributed by atoms with van der Waals surface area (Å²) >= 11 is 0. The highest BCUT2D eigenvalue weighted by Crippen LogP contribution is 2.13. The van der Waals surface area contributed by atoms with Gasteiger partial charge >= 0.3 is 0 Å². The van der Waals surface area contributed by atoms with E-state index in [0.717, 1.165) is 0 Å². The molecule has 0 atom stereocenters. The first-order valence-corrected chi connectivity index (χ1v) is 6.44. The van der Waals surface area contributed by atoms with Crippen molar-refractivity contribution in [3.05, 3.63) is 42.5 Å². The maximum Gasteiger partial charge on any atom is 0.225 e. The lowest BCUT2D eigenvalue weighted by Gasteiger charge is -2.18. The molecule has 20 heavy (non-hydrogen) atoms. The summed E-state index contributed by atoms with van der Waals surface area (Å²) in [7, 11) is 0. The predicted molar refractivity (Wildman–Crippen MR) is 78.1 cm³/mol. The van der Waals surface area contributed by atoms with Crippen LogP contribution in [0.25, 0.3) is 0 Å². The maximum absolute atomic E-state index is 11.9. The molecule has 1 aromatic carbocycles. The Hall–Kier alpha value is -2.16. The molecule has 1 aromatic rings. The van der Waals surface area contributed by atoms with Gasteiger partial charge in [-0.15, -0.1) is 6.58 Å². The monoisotopic (exact) mass is 273 g/mol. The number of carbonyl (C=O) groups is 1. The molecule has 0 fully saturated rings. The van der Waals surface area contributed by atoms with Gasteiger partial charge in [-0.3, -0.25) is 9.69 Å². The number of carbonyl (C=O) groups excluding carboxylic acids is 1. The minimum absolute atomic E-state index is 0.0483. The first-order chi connectivity index (χ1) is 9.71. The van der Waals surface area contributed by atoms with Crippen molar-refractivity contribution in [1.82, 2.24) is 4.90 Å². The van der Waals surface area contributed by atoms with E-state index < -0.39 is 0 Å². The van der Waals surface area contributed by atoms with Crippen molar-refractivity contribution in [2.75, 3.05) is 31.6 Å². The third-order valence-electron chi connectivity index (χ3n) is 2.78. The number of benzene rings is 1. The summed E-state index contributed by atoms with van der Waals surface area (Å²) in [5, 5.41) is 20.6. The summed E-state index contributed by atoms with van der Waals surface area (Å²) in [5.41, 5.74) is 0.969. The number of nitrogens with zero attached hydrogens (tertiary/aromatic N) is 2. The fourth-order valence-electron chi connectivity index (χ4n) is 1.78. The van der Waals surface area contributed by atoms with Crippen LogP contribution >= 0.6 is 0 Å². The van der Waals surface area contributed by atoms with Gasteiger partial charge in [0.2, 0.25) is 5.91 Å². The molecule has 0 unspecified atom stereocenters. The Labute approximate surface area is 119 Å². The predicted octanol–water partition coefficient (Wildman–Crippen LogP) is 1.37. The Bertz CT molecular complexity index is 494. The Kier molecular flexibility index (Phi) is 7.04. The van der Waals surface area contributed by atoms with Gasteiger partial charge in [-0.05, 0) is 12.1 Å². The van der Waals surface area contributed by atoms with Gasteiger partial charge in [0.1, 0.15) is 6.07 Å². The molecule has 0 heterocycles. The molecule has 5 heteroatoms. The molecule has 0 aliphatic heterocycles. The molecule has 0 radical (unpaired) electrons. The molecule has 0 saturated carbocycles. The number of anilines is 1. The van der Waals surface area contributed by atoms with Gasteiger partial charge in [0.25, 0.3) is 0 Å². The van der Waals surface area contributed by atoms with E-state index in [0.29, 0.717) is 37.3 Å². The summed E-state index contributed by atoms with van der Waals surface area (Å²) in [4.78, 5) is 13.8. The summed E-state index contributed by atoms with van der Waals surface area (Å²) < 4.78 is 0. The molecule has 2 N–H and O–H groups in total. The van der Waals surface area contributed by atoms with Gasteiger partial charge in [0.15, 0.2) is 0 Å². The molecule has 0 spiro atoms. The van der Waals surface area contributed by atoms with E-state index in [1.54, 1.807) is 30.3 Å². The fraction of sp³-hybridized carbons (Fsp3) is 0.333. The first kappa shape index (κ1) is 15.9. The van der Waals surface area contributed by atoms with Crippen LogP contribution < -0.4 is 5.32 Å². The Morgan fingerprint density at radius 2 is 2.20 bits per heavy atom. The van der Waals surface area contributed by atoms with E-state index >= 15 is 0 Å². The normalized spacial score (nSPS) is 10.1. The topological polar surface area (TPSA) is 76.4 Å². The highest BCUT2D eigenvalue weighted by molar-refractivity contribution is 5.92. The van der Waals surface area contributed by atoms with Crippen LogP contribution in [0.1, 0.15) is 12.0 Å². The van der Waals surface area contributed by atoms with Crippen molar-refractivity contribution in [2.45, 2.75) is 6.42 Å². The zero-order valence-corrected chi connectivity index (χ0v) is 11.4. The van der Waals surface area contributed by atoms with Crippen molar-refractivity contribution in [3.8, 4) is 6.07 Å². The van der Waals surface area contributed by atoms with E-state index in [1.165, 1.54) is 0 Å². The standard InChI is InChI=1S/C15H19N3O2/c1-2-8-18(10-11-19)9-7-15(20)17-14-6-4-3-5-13(14)12-16/h2-6,19H,1,7-11H2,(H,17,20). The number of aliphatic hydroxyl groups is 1. The van der Waals surface area contributed by atoms with Gasteiger partial charge in [-0.1, -0.05) is 18.2 Å². The van der Waals surface area contributed by atoms with E-state index in [4.69, 9.17) is 10.4 Å². The second-order valence-electron chi connectivity index (χ2n) is 4.27. The van der Waals surface area contributed by atoms with E-state index in [1.807, 2.05) is 11.0 Å². The van der Waals surface area contributed by atoms with Gasteiger partial charge in [-0.25, -0.2) is 0 Å². The molecule has 0 aromatic heterocycles. The molecule has 1 rings (SSSR count).